The number of nitrogens with zero attached hydrogens (tertiary/aromatic N) is 3. The molecule has 0 saturated carbocycles. The van der Waals surface area contributed by atoms with Crippen LogP contribution in [-0.2, 0) is 9.47 Å². The Morgan fingerprint density at radius 3 is 2.78 bits per heavy atom. The van der Waals surface area contributed by atoms with Crippen LogP contribution >= 0.6 is 0 Å². The van der Waals surface area contributed by atoms with E-state index in [2.05, 4.69) is 4.98 Å². The van der Waals surface area contributed by atoms with Crippen molar-refractivity contribution in [2.75, 3.05) is 0 Å². The molecule has 3 atom stereocenters. The Labute approximate surface area is 156 Å². The molecule has 0 N–H and O–H groups in total. The van der Waals surface area contributed by atoms with Crippen LogP contribution in [-0.4, -0.2) is 44.7 Å². The Morgan fingerprint density at radius 2 is 2.15 bits per heavy atom. The van der Waals surface area contributed by atoms with Crippen molar-refractivity contribution in [3.63, 3.8) is 0 Å². The van der Waals surface area contributed by atoms with Crippen molar-refractivity contribution < 1.29 is 24.0 Å². The number of rotatable bonds is 2. The van der Waals surface area contributed by atoms with Gasteiger partial charge in [0.2, 0.25) is 0 Å². The summed E-state index contributed by atoms with van der Waals surface area (Å²) < 4.78 is 10.7. The molecular weight excluding hydrogens is 354 g/mol. The van der Waals surface area contributed by atoms with Gasteiger partial charge < -0.3 is 9.47 Å². The molecule has 1 aliphatic carbocycles. The molecule has 2 amide bonds. The largest absolute Gasteiger partial charge is 0.443 e. The number of imide groups is 1. The van der Waals surface area contributed by atoms with Crippen LogP contribution in [0.4, 0.5) is 15.3 Å². The van der Waals surface area contributed by atoms with Crippen molar-refractivity contribution in [3.8, 4) is 0 Å². The van der Waals surface area contributed by atoms with Gasteiger partial charge in [-0.2, -0.15) is 0 Å². The van der Waals surface area contributed by atoms with Crippen LogP contribution in [0.15, 0.2) is 24.5 Å². The second-order valence-corrected chi connectivity index (χ2v) is 7.71. The normalized spacial score (nSPS) is 24.7. The van der Waals surface area contributed by atoms with E-state index in [4.69, 9.17) is 9.47 Å². The maximum atomic E-state index is 12.5. The van der Waals surface area contributed by atoms with Crippen LogP contribution in [0.25, 0.3) is 5.57 Å². The van der Waals surface area contributed by atoms with Gasteiger partial charge in [-0.05, 0) is 44.7 Å². The lowest BCUT2D eigenvalue weighted by molar-refractivity contribution is -0.385. The third-order valence-electron chi connectivity index (χ3n) is 4.48. The van der Waals surface area contributed by atoms with Gasteiger partial charge in [-0.3, -0.25) is 15.1 Å². The highest BCUT2D eigenvalue weighted by atomic mass is 16.6. The van der Waals surface area contributed by atoms with E-state index in [1.165, 1.54) is 12.4 Å². The zero-order valence-corrected chi connectivity index (χ0v) is 15.5. The van der Waals surface area contributed by atoms with Crippen LogP contribution in [0.3, 0.4) is 0 Å². The average molecular weight is 375 g/mol. The van der Waals surface area contributed by atoms with Crippen LogP contribution in [0, 0.1) is 16.0 Å². The molecule has 0 aromatic carbocycles. The van der Waals surface area contributed by atoms with E-state index in [9.17, 15) is 19.7 Å². The van der Waals surface area contributed by atoms with Crippen LogP contribution in [0.5, 0.6) is 0 Å². The summed E-state index contributed by atoms with van der Waals surface area (Å²) in [4.78, 5) is 40.4. The second kappa shape index (κ2) is 6.64. The van der Waals surface area contributed by atoms with E-state index >= 15 is 0 Å². The first kappa shape index (κ1) is 18.8. The van der Waals surface area contributed by atoms with E-state index in [1.54, 1.807) is 32.9 Å². The summed E-state index contributed by atoms with van der Waals surface area (Å²) in [5.41, 5.74) is 0.198. The fourth-order valence-electron chi connectivity index (χ4n) is 3.38. The maximum Gasteiger partial charge on any atom is 0.420 e. The smallest absolute Gasteiger partial charge is 0.420 e. The fourth-order valence-corrected chi connectivity index (χ4v) is 3.38. The number of fused-ring (bicyclic) bond motifs is 1. The molecule has 1 fully saturated rings. The Morgan fingerprint density at radius 1 is 1.44 bits per heavy atom. The van der Waals surface area contributed by atoms with Gasteiger partial charge in [0.05, 0.1) is 10.5 Å². The minimum absolute atomic E-state index is 0.122. The van der Waals surface area contributed by atoms with E-state index in [0.717, 1.165) is 4.90 Å². The van der Waals surface area contributed by atoms with E-state index in [-0.39, 0.29) is 11.6 Å². The number of pyridine rings is 1. The van der Waals surface area contributed by atoms with Gasteiger partial charge in [0, 0.05) is 6.20 Å². The van der Waals surface area contributed by atoms with Gasteiger partial charge in [-0.15, -0.1) is 0 Å². The Bertz CT molecular complexity index is 829. The zero-order valence-electron chi connectivity index (χ0n) is 15.5. The number of hydrogen-bond acceptors (Lipinski definition) is 7. The lowest BCUT2D eigenvalue weighted by Gasteiger charge is -2.31. The number of amides is 2. The van der Waals surface area contributed by atoms with Gasteiger partial charge in [0.1, 0.15) is 23.9 Å². The number of hydrogen-bond donors (Lipinski definition) is 0. The molecule has 2 heterocycles. The van der Waals surface area contributed by atoms with Gasteiger partial charge in [-0.1, -0.05) is 13.0 Å². The van der Waals surface area contributed by atoms with Gasteiger partial charge >= 0.3 is 12.2 Å². The SMILES string of the molecule is C[C@H]1CC(c2ccncc2[N+](=O)[O-])=C[C@@H]2[C@H]1OC(=O)N2C(=O)OC(C)(C)C. The first-order valence-electron chi connectivity index (χ1n) is 8.61. The quantitative estimate of drug-likeness (QED) is 0.574. The Hall–Kier alpha value is -2.97. The Kier molecular flexibility index (Phi) is 4.63. The molecule has 3 rings (SSSR count). The van der Waals surface area contributed by atoms with Crippen LogP contribution < -0.4 is 0 Å². The molecule has 9 heteroatoms. The van der Waals surface area contributed by atoms with Crippen molar-refractivity contribution in [3.05, 3.63) is 40.2 Å². The molecular formula is C18H21N3O6. The monoisotopic (exact) mass is 375 g/mol. The van der Waals surface area contributed by atoms with E-state index in [1.807, 2.05) is 6.92 Å². The number of ether oxygens (including phenoxy) is 2. The summed E-state index contributed by atoms with van der Waals surface area (Å²) in [5, 5.41) is 11.3. The molecule has 0 unspecified atom stereocenters. The highest BCUT2D eigenvalue weighted by Crippen LogP contribution is 2.40. The molecule has 1 aliphatic heterocycles. The average Bonchev–Trinajstić information content (AvgIpc) is 2.90. The number of allylic oxidation sites excluding steroid dienone is 1. The maximum absolute atomic E-state index is 12.5. The Balaban J connectivity index is 2.00. The van der Waals surface area contributed by atoms with Gasteiger partial charge in [0.15, 0.2) is 0 Å². The second-order valence-electron chi connectivity index (χ2n) is 7.71. The zero-order chi connectivity index (χ0) is 19.9. The predicted molar refractivity (Wildman–Crippen MR) is 94.8 cm³/mol. The first-order valence-corrected chi connectivity index (χ1v) is 8.61. The summed E-state index contributed by atoms with van der Waals surface area (Å²) in [7, 11) is 0. The summed E-state index contributed by atoms with van der Waals surface area (Å²) >= 11 is 0. The highest BCUT2D eigenvalue weighted by Gasteiger charge is 2.50. The third-order valence-corrected chi connectivity index (χ3v) is 4.48. The number of carbonyl (C=O) groups excluding carboxylic acids is 2. The molecule has 2 aliphatic rings. The topological polar surface area (TPSA) is 112 Å². The van der Waals surface area contributed by atoms with Crippen molar-refractivity contribution in [2.24, 2.45) is 5.92 Å². The third kappa shape index (κ3) is 3.62. The fraction of sp³-hybridized carbons (Fsp3) is 0.500. The minimum Gasteiger partial charge on any atom is -0.443 e. The standard InChI is InChI=1S/C18H21N3O6/c1-10-7-11(12-5-6-19-9-14(12)21(24)25)8-13-15(10)26-16(22)20(13)17(23)27-18(2,3)4/h5-6,8-10,13,15H,7H2,1-4H3/t10-,13+,15-/m0/s1. The van der Waals surface area contributed by atoms with Crippen molar-refractivity contribution in [1.29, 1.82) is 0 Å². The van der Waals surface area contributed by atoms with Crippen molar-refractivity contribution in [2.45, 2.75) is 51.9 Å². The van der Waals surface area contributed by atoms with E-state index < -0.39 is 34.9 Å². The van der Waals surface area contributed by atoms with Crippen molar-refractivity contribution in [1.82, 2.24) is 9.88 Å². The molecule has 27 heavy (non-hydrogen) atoms. The summed E-state index contributed by atoms with van der Waals surface area (Å²) in [5.74, 6) is -0.126. The van der Waals surface area contributed by atoms with Crippen LogP contribution in [0.2, 0.25) is 0 Å². The van der Waals surface area contributed by atoms with Gasteiger partial charge in [-0.25, -0.2) is 14.5 Å². The van der Waals surface area contributed by atoms with Gasteiger partial charge in [0.25, 0.3) is 5.69 Å². The minimum atomic E-state index is -0.797. The molecule has 1 aromatic heterocycles. The molecule has 0 bridgehead atoms. The lowest BCUT2D eigenvalue weighted by Crippen LogP contribution is -2.45. The predicted octanol–water partition coefficient (Wildman–Crippen LogP) is 3.54. The molecule has 0 radical (unpaired) electrons. The first-order chi connectivity index (χ1) is 12.6. The summed E-state index contributed by atoms with van der Waals surface area (Å²) in [6.45, 7) is 6.99. The molecule has 0 spiro atoms. The number of nitro groups is 1. The molecule has 1 aromatic rings. The molecule has 9 nitrogen and oxygen atoms in total. The summed E-state index contributed by atoms with van der Waals surface area (Å²) in [6, 6.07) is 0.880. The number of aromatic nitrogens is 1. The number of carbonyl (C=O) groups is 2. The lowest BCUT2D eigenvalue weighted by atomic mass is 9.82. The van der Waals surface area contributed by atoms with E-state index in [0.29, 0.717) is 17.6 Å². The summed E-state index contributed by atoms with van der Waals surface area (Å²) in [6.07, 6.45) is 2.73. The molecule has 1 saturated heterocycles. The molecule has 144 valence electrons. The van der Waals surface area contributed by atoms with Crippen molar-refractivity contribution >= 4 is 23.4 Å². The highest BCUT2D eigenvalue weighted by molar-refractivity contribution is 5.91. The van der Waals surface area contributed by atoms with Crippen LogP contribution in [0.1, 0.15) is 39.7 Å².